The summed E-state index contributed by atoms with van der Waals surface area (Å²) in [6.45, 7) is 12.4. The summed E-state index contributed by atoms with van der Waals surface area (Å²) in [7, 11) is 0. The summed E-state index contributed by atoms with van der Waals surface area (Å²) in [6.07, 6.45) is 0. The van der Waals surface area contributed by atoms with Crippen LogP contribution < -0.4 is 0 Å². The molecule has 4 rings (SSSR count). The Morgan fingerprint density at radius 1 is 0.850 bits per heavy atom. The van der Waals surface area contributed by atoms with Crippen LogP contribution in [0.2, 0.25) is 0 Å². The number of hydrogen-bond donors (Lipinski definition) is 4. The van der Waals surface area contributed by atoms with Crippen LogP contribution in [0.4, 0.5) is 0 Å². The van der Waals surface area contributed by atoms with Crippen LogP contribution in [0.5, 0.6) is 5.75 Å². The summed E-state index contributed by atoms with van der Waals surface area (Å²) in [4.78, 5) is 34.6. The third-order valence-electron chi connectivity index (χ3n) is 6.11. The van der Waals surface area contributed by atoms with Crippen LogP contribution in [0.3, 0.4) is 0 Å². The number of phenolic OH excluding ortho intramolecular Hbond substituents is 1. The zero-order valence-electron chi connectivity index (χ0n) is 23.1. The highest BCUT2D eigenvalue weighted by molar-refractivity contribution is 8.00. The van der Waals surface area contributed by atoms with Gasteiger partial charge in [0.15, 0.2) is 0 Å². The third-order valence-corrected chi connectivity index (χ3v) is 10.3. The van der Waals surface area contributed by atoms with E-state index >= 15 is 0 Å². The van der Waals surface area contributed by atoms with Gasteiger partial charge in [-0.2, -0.15) is 0 Å². The van der Waals surface area contributed by atoms with E-state index in [2.05, 4.69) is 46.5 Å². The normalized spacial score (nSPS) is 12.2. The predicted octanol–water partition coefficient (Wildman–Crippen LogP) is 8.19. The van der Waals surface area contributed by atoms with Crippen molar-refractivity contribution in [2.45, 2.75) is 62.2 Å². The van der Waals surface area contributed by atoms with Gasteiger partial charge in [-0.15, -0.1) is 46.2 Å². The summed E-state index contributed by atoms with van der Waals surface area (Å²) in [6, 6.07) is 7.75. The lowest BCUT2D eigenvalue weighted by molar-refractivity contribution is -0.134. The van der Waals surface area contributed by atoms with Gasteiger partial charge in [0.2, 0.25) is 0 Å². The topological polar surface area (TPSA) is 124 Å². The number of aromatic hydroxyl groups is 1. The average Bonchev–Trinajstić information content (AvgIpc) is 3.58. The van der Waals surface area contributed by atoms with Gasteiger partial charge >= 0.3 is 11.9 Å². The summed E-state index contributed by atoms with van der Waals surface area (Å²) in [5, 5.41) is 33.6. The summed E-state index contributed by atoms with van der Waals surface area (Å²) < 4.78 is 0. The second-order valence-electron chi connectivity index (χ2n) is 11.3. The van der Waals surface area contributed by atoms with E-state index in [4.69, 9.17) is 4.98 Å². The van der Waals surface area contributed by atoms with Crippen LogP contribution in [0.1, 0.15) is 52.7 Å². The number of aliphatic carboxylic acids is 2. The Hall–Kier alpha value is -2.73. The van der Waals surface area contributed by atoms with Crippen molar-refractivity contribution in [2.75, 3.05) is 11.5 Å². The minimum atomic E-state index is -0.899. The number of carboxylic acid groups (broad SMARTS) is 2. The lowest BCUT2D eigenvalue weighted by Crippen LogP contribution is -2.17. The molecule has 4 N–H and O–H groups in total. The first-order valence-corrected chi connectivity index (χ1v) is 16.2. The van der Waals surface area contributed by atoms with Gasteiger partial charge in [0.1, 0.15) is 17.3 Å². The van der Waals surface area contributed by atoms with E-state index in [-0.39, 0.29) is 28.1 Å². The van der Waals surface area contributed by atoms with Crippen LogP contribution in [0, 0.1) is 0 Å². The molecule has 0 spiro atoms. The molecule has 0 fully saturated rings. The Balaban J connectivity index is 1.95. The Labute approximate surface area is 250 Å². The molecule has 1 aromatic carbocycles. The van der Waals surface area contributed by atoms with Crippen molar-refractivity contribution >= 4 is 58.1 Å². The number of phenols is 1. The number of carbonyl (C=O) groups is 2. The summed E-state index contributed by atoms with van der Waals surface area (Å²) in [5.41, 5.74) is 3.25. The van der Waals surface area contributed by atoms with E-state index in [1.807, 2.05) is 35.0 Å². The largest absolute Gasteiger partial charge is 0.507 e. The van der Waals surface area contributed by atoms with Crippen molar-refractivity contribution in [1.29, 1.82) is 0 Å². The van der Waals surface area contributed by atoms with Crippen molar-refractivity contribution < 1.29 is 24.9 Å². The molecule has 3 heterocycles. The lowest BCUT2D eigenvalue weighted by atomic mass is 9.78. The van der Waals surface area contributed by atoms with E-state index in [0.717, 1.165) is 41.9 Å². The maximum Gasteiger partial charge on any atom is 0.313 e. The molecule has 0 unspecified atom stereocenters. The van der Waals surface area contributed by atoms with Gasteiger partial charge in [-0.1, -0.05) is 41.5 Å². The Morgan fingerprint density at radius 2 is 1.32 bits per heavy atom. The number of nitrogens with one attached hydrogen (secondary N) is 1. The molecular formula is C29H32N2O5S4. The number of aromatic amines is 1. The van der Waals surface area contributed by atoms with Crippen molar-refractivity contribution in [3.8, 4) is 38.3 Å². The van der Waals surface area contributed by atoms with Crippen molar-refractivity contribution in [2.24, 2.45) is 0 Å². The number of thioether (sulfide) groups is 2. The standard InChI is InChI=1S/C29H32N2O5S4/c1-28(2,3)16-11-15(12-17(24(16)36)29(4,5)6)27-30-22(25-18(7-9-37-25)39-13-20(32)33)23(31-27)26-19(8-10-38-26)40-14-21(34)35/h7-12,36H,13-14H2,1-6H3,(H,30,31)(H,32,33)(H,34,35). The molecular weight excluding hydrogens is 585 g/mol. The fourth-order valence-electron chi connectivity index (χ4n) is 4.21. The van der Waals surface area contributed by atoms with Crippen molar-refractivity contribution in [3.63, 3.8) is 0 Å². The number of H-pyrrole nitrogens is 1. The highest BCUT2D eigenvalue weighted by Crippen LogP contribution is 2.47. The van der Waals surface area contributed by atoms with E-state index in [1.54, 1.807) is 0 Å². The van der Waals surface area contributed by atoms with Crippen molar-refractivity contribution in [3.05, 3.63) is 46.2 Å². The molecule has 4 aromatic rings. The van der Waals surface area contributed by atoms with Crippen LogP contribution in [-0.4, -0.2) is 48.7 Å². The van der Waals surface area contributed by atoms with Gasteiger partial charge < -0.3 is 20.3 Å². The molecule has 212 valence electrons. The van der Waals surface area contributed by atoms with Crippen LogP contribution in [0.15, 0.2) is 44.8 Å². The quantitative estimate of drug-likeness (QED) is 0.139. The van der Waals surface area contributed by atoms with Gasteiger partial charge in [-0.25, -0.2) is 4.98 Å². The molecule has 0 bridgehead atoms. The highest BCUT2D eigenvalue weighted by Gasteiger charge is 2.29. The first-order chi connectivity index (χ1) is 18.7. The molecule has 0 amide bonds. The van der Waals surface area contributed by atoms with Crippen LogP contribution in [0.25, 0.3) is 32.5 Å². The molecule has 3 aromatic heterocycles. The monoisotopic (exact) mass is 616 g/mol. The van der Waals surface area contributed by atoms with Gasteiger partial charge in [0.05, 0.1) is 27.0 Å². The highest BCUT2D eigenvalue weighted by atomic mass is 32.2. The van der Waals surface area contributed by atoms with Gasteiger partial charge in [0, 0.05) is 26.5 Å². The third kappa shape index (κ3) is 6.59. The van der Waals surface area contributed by atoms with E-state index in [9.17, 15) is 24.9 Å². The molecule has 0 saturated heterocycles. The fourth-order valence-corrected chi connectivity index (χ4v) is 7.95. The zero-order valence-corrected chi connectivity index (χ0v) is 26.4. The number of thiophene rings is 2. The molecule has 0 aliphatic heterocycles. The molecule has 11 heteroatoms. The second kappa shape index (κ2) is 11.6. The number of hydrogen-bond acceptors (Lipinski definition) is 8. The molecule has 0 aliphatic rings. The molecule has 7 nitrogen and oxygen atoms in total. The Morgan fingerprint density at radius 3 is 1.80 bits per heavy atom. The Kier molecular flexibility index (Phi) is 8.79. The predicted molar refractivity (Wildman–Crippen MR) is 166 cm³/mol. The molecule has 0 saturated carbocycles. The number of rotatable bonds is 9. The average molecular weight is 617 g/mol. The summed E-state index contributed by atoms with van der Waals surface area (Å²) >= 11 is 5.47. The SMILES string of the molecule is CC(C)(C)c1cc(-c2nc(-c3sccc3SCC(=O)O)c(-c3sccc3SCC(=O)O)[nH]2)cc(C(C)(C)C)c1O. The molecule has 0 radical (unpaired) electrons. The summed E-state index contributed by atoms with van der Waals surface area (Å²) in [5.74, 6) is -1.04. The first kappa shape index (κ1) is 30.2. The second-order valence-corrected chi connectivity index (χ2v) is 15.2. The molecule has 0 aliphatic carbocycles. The van der Waals surface area contributed by atoms with E-state index < -0.39 is 11.9 Å². The lowest BCUT2D eigenvalue weighted by Gasteiger charge is -2.28. The number of carboxylic acids is 2. The van der Waals surface area contributed by atoms with Crippen LogP contribution >= 0.6 is 46.2 Å². The number of nitrogens with zero attached hydrogens (tertiary/aromatic N) is 1. The maximum absolute atomic E-state index is 11.3. The van der Waals surface area contributed by atoms with Gasteiger partial charge in [-0.3, -0.25) is 9.59 Å². The van der Waals surface area contributed by atoms with Crippen LogP contribution in [-0.2, 0) is 20.4 Å². The number of benzene rings is 1. The van der Waals surface area contributed by atoms with Gasteiger partial charge in [-0.05, 0) is 45.9 Å². The van der Waals surface area contributed by atoms with E-state index in [0.29, 0.717) is 11.5 Å². The number of imidazole rings is 1. The smallest absolute Gasteiger partial charge is 0.313 e. The molecule has 0 atom stereocenters. The Bertz CT molecular complexity index is 1440. The van der Waals surface area contributed by atoms with Crippen molar-refractivity contribution in [1.82, 2.24) is 9.97 Å². The molecule has 40 heavy (non-hydrogen) atoms. The first-order valence-electron chi connectivity index (χ1n) is 12.5. The van der Waals surface area contributed by atoms with E-state index in [1.165, 1.54) is 46.2 Å². The fraction of sp³-hybridized carbons (Fsp3) is 0.345. The minimum absolute atomic E-state index is 0.0688. The number of aromatic nitrogens is 2. The minimum Gasteiger partial charge on any atom is -0.507 e. The maximum atomic E-state index is 11.3. The van der Waals surface area contributed by atoms with Gasteiger partial charge in [0.25, 0.3) is 0 Å². The zero-order chi connectivity index (χ0) is 29.4.